The molecule has 0 heterocycles. The van der Waals surface area contributed by atoms with E-state index in [0.29, 0.717) is 33.9 Å². The van der Waals surface area contributed by atoms with Crippen molar-refractivity contribution in [1.82, 2.24) is 5.32 Å². The fourth-order valence-electron chi connectivity index (χ4n) is 2.88. The summed E-state index contributed by atoms with van der Waals surface area (Å²) in [6, 6.07) is 18.3. The normalized spacial score (nSPS) is 11.2. The fourth-order valence-corrected chi connectivity index (χ4v) is 3.07. The number of carbonyl (C=O) groups is 3. The van der Waals surface area contributed by atoms with E-state index in [1.807, 2.05) is 0 Å². The maximum absolute atomic E-state index is 13.0. The summed E-state index contributed by atoms with van der Waals surface area (Å²) in [5.41, 5.74) is 1.94. The van der Waals surface area contributed by atoms with E-state index in [1.165, 1.54) is 12.1 Å². The number of alkyl carbamates (subject to hydrolysis) is 1. The number of nitrogens with one attached hydrogen (secondary N) is 2. The lowest BCUT2D eigenvalue weighted by Crippen LogP contribution is -2.40. The molecule has 0 aliphatic rings. The molecule has 2 amide bonds. The second-order valence-electron chi connectivity index (χ2n) is 7.25. The molecule has 34 heavy (non-hydrogen) atoms. The van der Waals surface area contributed by atoms with Gasteiger partial charge < -0.3 is 24.9 Å². The predicted molar refractivity (Wildman–Crippen MR) is 125 cm³/mol. The van der Waals surface area contributed by atoms with Crippen molar-refractivity contribution in [2.24, 2.45) is 0 Å². The van der Waals surface area contributed by atoms with Crippen molar-refractivity contribution in [2.45, 2.75) is 19.1 Å². The molecule has 1 atom stereocenters. The molecule has 3 aromatic rings. The molecule has 0 aromatic heterocycles. The Bertz CT molecular complexity index is 1120. The van der Waals surface area contributed by atoms with Crippen LogP contribution in [-0.4, -0.2) is 30.9 Å². The predicted octanol–water partition coefficient (Wildman–Crippen LogP) is 4.53. The number of benzene rings is 3. The molecular formula is C25H22ClFN2O5. The Balaban J connectivity index is 1.41. The summed E-state index contributed by atoms with van der Waals surface area (Å²) >= 11 is 5.99. The highest BCUT2D eigenvalue weighted by molar-refractivity contribution is 6.32. The van der Waals surface area contributed by atoms with Gasteiger partial charge >= 0.3 is 6.09 Å². The second-order valence-corrected chi connectivity index (χ2v) is 7.66. The molecule has 176 valence electrons. The zero-order valence-corrected chi connectivity index (χ0v) is 18.8. The van der Waals surface area contributed by atoms with Gasteiger partial charge in [-0.15, -0.1) is 0 Å². The molecule has 0 radical (unpaired) electrons. The summed E-state index contributed by atoms with van der Waals surface area (Å²) in [6.07, 6.45) is -0.123. The molecule has 0 saturated carbocycles. The average Bonchev–Trinajstić information content (AvgIpc) is 2.83. The molecule has 1 unspecified atom stereocenters. The van der Waals surface area contributed by atoms with Crippen LogP contribution in [0.1, 0.15) is 11.1 Å². The molecule has 3 rings (SSSR count). The van der Waals surface area contributed by atoms with Gasteiger partial charge in [0.15, 0.2) is 0 Å². The first-order valence-electron chi connectivity index (χ1n) is 10.3. The van der Waals surface area contributed by atoms with Crippen LogP contribution in [0.3, 0.4) is 0 Å². The van der Waals surface area contributed by atoms with Crippen LogP contribution in [0.4, 0.5) is 14.9 Å². The van der Waals surface area contributed by atoms with Crippen molar-refractivity contribution >= 4 is 35.6 Å². The van der Waals surface area contributed by atoms with E-state index in [9.17, 15) is 18.8 Å². The molecule has 0 bridgehead atoms. The third-order valence-electron chi connectivity index (χ3n) is 4.61. The molecule has 3 aromatic carbocycles. The summed E-state index contributed by atoms with van der Waals surface area (Å²) < 4.78 is 23.5. The third kappa shape index (κ3) is 7.90. The highest BCUT2D eigenvalue weighted by Crippen LogP contribution is 2.23. The Kier molecular flexibility index (Phi) is 8.99. The number of hydrogen-bond donors (Lipinski definition) is 2. The smallest absolute Gasteiger partial charge is 0.408 e. The molecule has 0 aliphatic carbocycles. The molecular weight excluding hydrogens is 463 g/mol. The standard InChI is InChI=1S/C25H22ClFN2O5/c26-22-3-1-2-4-23(22)33-16-21(14-30)29-25(32)34-15-18-7-11-20(12-8-18)28-24(31)13-17-5-9-19(27)10-6-17/h1-12,14,21H,13,15-16H2,(H,28,31)(H,29,32). The minimum Gasteiger partial charge on any atom is -0.489 e. The highest BCUT2D eigenvalue weighted by atomic mass is 35.5. The quantitative estimate of drug-likeness (QED) is 0.412. The number of halogens is 2. The largest absolute Gasteiger partial charge is 0.489 e. The van der Waals surface area contributed by atoms with Gasteiger partial charge in [0.25, 0.3) is 0 Å². The number of aldehydes is 1. The summed E-state index contributed by atoms with van der Waals surface area (Å²) in [4.78, 5) is 35.4. The third-order valence-corrected chi connectivity index (χ3v) is 4.92. The van der Waals surface area contributed by atoms with Crippen molar-refractivity contribution < 1.29 is 28.2 Å². The van der Waals surface area contributed by atoms with Gasteiger partial charge in [0, 0.05) is 5.69 Å². The van der Waals surface area contributed by atoms with Crippen molar-refractivity contribution in [3.63, 3.8) is 0 Å². The van der Waals surface area contributed by atoms with Crippen LogP contribution < -0.4 is 15.4 Å². The maximum atomic E-state index is 13.0. The van der Waals surface area contributed by atoms with Gasteiger partial charge in [-0.05, 0) is 47.5 Å². The molecule has 2 N–H and O–H groups in total. The van der Waals surface area contributed by atoms with E-state index in [1.54, 1.807) is 60.7 Å². The molecule has 0 spiro atoms. The number of carbonyl (C=O) groups excluding carboxylic acids is 3. The van der Waals surface area contributed by atoms with Crippen LogP contribution in [0, 0.1) is 5.82 Å². The van der Waals surface area contributed by atoms with E-state index >= 15 is 0 Å². The molecule has 0 saturated heterocycles. The number of anilines is 1. The van der Waals surface area contributed by atoms with Crippen molar-refractivity contribution in [1.29, 1.82) is 0 Å². The fraction of sp³-hybridized carbons (Fsp3) is 0.160. The summed E-state index contributed by atoms with van der Waals surface area (Å²) in [5.74, 6) is -0.201. The molecule has 9 heteroatoms. The van der Waals surface area contributed by atoms with Crippen molar-refractivity contribution in [3.05, 3.63) is 94.8 Å². The lowest BCUT2D eigenvalue weighted by atomic mass is 10.1. The van der Waals surface area contributed by atoms with Gasteiger partial charge in [-0.25, -0.2) is 9.18 Å². The number of amides is 2. The van der Waals surface area contributed by atoms with Crippen LogP contribution in [-0.2, 0) is 27.4 Å². The Hall–Kier alpha value is -3.91. The van der Waals surface area contributed by atoms with Gasteiger partial charge in [-0.3, -0.25) is 4.79 Å². The Morgan fingerprint density at radius 2 is 1.65 bits per heavy atom. The minimum absolute atomic E-state index is 0.0351. The first-order valence-corrected chi connectivity index (χ1v) is 10.7. The molecule has 0 fully saturated rings. The summed E-state index contributed by atoms with van der Waals surface area (Å²) in [5, 5.41) is 5.55. The van der Waals surface area contributed by atoms with E-state index < -0.39 is 12.1 Å². The molecule has 0 aliphatic heterocycles. The van der Waals surface area contributed by atoms with Crippen LogP contribution in [0.5, 0.6) is 5.75 Å². The van der Waals surface area contributed by atoms with Crippen molar-refractivity contribution in [2.75, 3.05) is 11.9 Å². The van der Waals surface area contributed by atoms with Gasteiger partial charge in [-0.1, -0.05) is 48.0 Å². The minimum atomic E-state index is -0.914. The summed E-state index contributed by atoms with van der Waals surface area (Å²) in [7, 11) is 0. The number of ether oxygens (including phenoxy) is 2. The van der Waals surface area contributed by atoms with E-state index in [-0.39, 0.29) is 31.4 Å². The topological polar surface area (TPSA) is 93.7 Å². The Morgan fingerprint density at radius 3 is 2.32 bits per heavy atom. The van der Waals surface area contributed by atoms with Gasteiger partial charge in [0.2, 0.25) is 5.91 Å². The van der Waals surface area contributed by atoms with Crippen LogP contribution in [0.15, 0.2) is 72.8 Å². The zero-order valence-electron chi connectivity index (χ0n) is 18.0. The van der Waals surface area contributed by atoms with Gasteiger partial charge in [0.05, 0.1) is 11.4 Å². The van der Waals surface area contributed by atoms with Crippen molar-refractivity contribution in [3.8, 4) is 5.75 Å². The SMILES string of the molecule is O=CC(COc1ccccc1Cl)NC(=O)OCc1ccc(NC(=O)Cc2ccc(F)cc2)cc1. The monoisotopic (exact) mass is 484 g/mol. The second kappa shape index (κ2) is 12.4. The lowest BCUT2D eigenvalue weighted by molar-refractivity contribution is -0.115. The first-order chi connectivity index (χ1) is 16.4. The van der Waals surface area contributed by atoms with E-state index in [4.69, 9.17) is 21.1 Å². The highest BCUT2D eigenvalue weighted by Gasteiger charge is 2.14. The summed E-state index contributed by atoms with van der Waals surface area (Å²) in [6.45, 7) is -0.138. The molecule has 7 nitrogen and oxygen atoms in total. The number of rotatable bonds is 10. The average molecular weight is 485 g/mol. The Morgan fingerprint density at radius 1 is 0.971 bits per heavy atom. The van der Waals surface area contributed by atoms with Crippen LogP contribution in [0.2, 0.25) is 5.02 Å². The maximum Gasteiger partial charge on any atom is 0.408 e. The number of para-hydroxylation sites is 1. The van der Waals surface area contributed by atoms with Gasteiger partial charge in [-0.2, -0.15) is 0 Å². The first kappa shape index (κ1) is 24.7. The van der Waals surface area contributed by atoms with Crippen LogP contribution >= 0.6 is 11.6 Å². The van der Waals surface area contributed by atoms with Gasteiger partial charge in [0.1, 0.15) is 37.1 Å². The lowest BCUT2D eigenvalue weighted by Gasteiger charge is -2.15. The van der Waals surface area contributed by atoms with E-state index in [0.717, 1.165) is 0 Å². The van der Waals surface area contributed by atoms with Crippen LogP contribution in [0.25, 0.3) is 0 Å². The number of hydrogen-bond acceptors (Lipinski definition) is 5. The zero-order chi connectivity index (χ0) is 24.3. The Labute approximate surface area is 200 Å². The van der Waals surface area contributed by atoms with E-state index in [2.05, 4.69) is 10.6 Å².